The van der Waals surface area contributed by atoms with Gasteiger partial charge in [-0.25, -0.2) is 0 Å². The highest BCUT2D eigenvalue weighted by Crippen LogP contribution is 2.27. The van der Waals surface area contributed by atoms with E-state index in [-0.39, 0.29) is 24.0 Å². The molecule has 164 valence electrons. The summed E-state index contributed by atoms with van der Waals surface area (Å²) >= 11 is 0. The molecule has 0 bridgehead atoms. The van der Waals surface area contributed by atoms with E-state index in [2.05, 4.69) is 18.9 Å². The summed E-state index contributed by atoms with van der Waals surface area (Å²) in [6.45, 7) is 0. The Morgan fingerprint density at radius 1 is 0.900 bits per heavy atom. The van der Waals surface area contributed by atoms with Crippen molar-refractivity contribution in [3.8, 4) is 12.1 Å². The highest BCUT2D eigenvalue weighted by molar-refractivity contribution is 7.87. The molecule has 0 fully saturated rings. The molecule has 0 saturated heterocycles. The molecule has 0 aliphatic heterocycles. The minimum atomic E-state index is -6.17. The van der Waals surface area contributed by atoms with E-state index in [1.165, 1.54) is 12.1 Å². The summed E-state index contributed by atoms with van der Waals surface area (Å²) < 4.78 is 123. The van der Waals surface area contributed by atoms with Crippen LogP contribution >= 0.6 is 0 Å². The van der Waals surface area contributed by atoms with Crippen LogP contribution in [0.3, 0.4) is 0 Å². The predicted octanol–water partition coefficient (Wildman–Crippen LogP) is 2.12. The molecule has 0 heterocycles. The summed E-state index contributed by atoms with van der Waals surface area (Å²) in [5, 5.41) is 23.0. The van der Waals surface area contributed by atoms with Crippen LogP contribution in [0.2, 0.25) is 0 Å². The maximum atomic E-state index is 12.2. The number of oxime groups is 2. The fourth-order valence-corrected chi connectivity index (χ4v) is 2.11. The zero-order valence-corrected chi connectivity index (χ0v) is 15.5. The van der Waals surface area contributed by atoms with Gasteiger partial charge >= 0.3 is 31.3 Å². The first-order valence-corrected chi connectivity index (χ1v) is 9.75. The van der Waals surface area contributed by atoms with E-state index in [0.717, 1.165) is 12.2 Å². The van der Waals surface area contributed by atoms with Gasteiger partial charge in [0.1, 0.15) is 12.1 Å². The molecule has 0 aromatic rings. The lowest BCUT2D eigenvalue weighted by Crippen LogP contribution is -2.24. The maximum Gasteiger partial charge on any atom is 0.536 e. The molecule has 1 aliphatic rings. The van der Waals surface area contributed by atoms with Crippen LogP contribution in [0, 0.1) is 22.7 Å². The maximum absolute atomic E-state index is 12.2. The Morgan fingerprint density at radius 3 is 1.73 bits per heavy atom. The molecule has 0 aromatic carbocycles. The zero-order valence-electron chi connectivity index (χ0n) is 13.9. The summed E-state index contributed by atoms with van der Waals surface area (Å²) in [6.07, 6.45) is 1.77. The van der Waals surface area contributed by atoms with Gasteiger partial charge in [-0.15, -0.1) is 0 Å². The number of alkyl halides is 6. The van der Waals surface area contributed by atoms with Crippen LogP contribution < -0.4 is 0 Å². The van der Waals surface area contributed by atoms with Gasteiger partial charge in [-0.3, -0.25) is 8.57 Å². The highest BCUT2D eigenvalue weighted by Gasteiger charge is 2.49. The lowest BCUT2D eigenvalue weighted by Gasteiger charge is -2.11. The van der Waals surface area contributed by atoms with Crippen molar-refractivity contribution >= 4 is 31.7 Å². The van der Waals surface area contributed by atoms with E-state index < -0.39 is 42.7 Å². The van der Waals surface area contributed by atoms with Gasteiger partial charge in [0.05, 0.1) is 0 Å². The van der Waals surface area contributed by atoms with E-state index in [9.17, 15) is 43.2 Å². The van der Waals surface area contributed by atoms with Gasteiger partial charge in [-0.2, -0.15) is 53.7 Å². The molecule has 0 spiro atoms. The van der Waals surface area contributed by atoms with Crippen molar-refractivity contribution in [3.05, 3.63) is 23.3 Å². The van der Waals surface area contributed by atoms with Gasteiger partial charge in [-0.05, 0) is 24.5 Å². The van der Waals surface area contributed by atoms with Crippen LogP contribution in [0.5, 0.6) is 0 Å². The smallest absolute Gasteiger partial charge is 0.260 e. The molecule has 1 rings (SSSR count). The summed E-state index contributed by atoms with van der Waals surface area (Å²) in [4.78, 5) is 0. The van der Waals surface area contributed by atoms with Crippen molar-refractivity contribution in [1.29, 1.82) is 10.5 Å². The van der Waals surface area contributed by atoms with Crippen LogP contribution in [0.15, 0.2) is 33.6 Å². The highest BCUT2D eigenvalue weighted by atomic mass is 32.2. The van der Waals surface area contributed by atoms with Crippen molar-refractivity contribution in [1.82, 2.24) is 0 Å². The number of halogens is 6. The van der Waals surface area contributed by atoms with Crippen molar-refractivity contribution < 1.29 is 51.7 Å². The Morgan fingerprint density at radius 2 is 1.33 bits per heavy atom. The molecule has 0 N–H and O–H groups in total. The Labute approximate surface area is 164 Å². The summed E-state index contributed by atoms with van der Waals surface area (Å²) in [5.74, 6) is 0. The monoisotopic (exact) mass is 480 g/mol. The van der Waals surface area contributed by atoms with Crippen LogP contribution in [-0.4, -0.2) is 39.3 Å². The average Bonchev–Trinajstić information content (AvgIpc) is 2.61. The third kappa shape index (κ3) is 5.94. The molecule has 0 saturated carbocycles. The Balaban J connectivity index is 3.22. The Kier molecular flexibility index (Phi) is 7.24. The van der Waals surface area contributed by atoms with Gasteiger partial charge in [0, 0.05) is 5.57 Å². The lowest BCUT2D eigenvalue weighted by atomic mass is 9.94. The molecular formula is C12H6F6N4O6S2. The minimum absolute atomic E-state index is 0.0688. The summed E-state index contributed by atoms with van der Waals surface area (Å²) in [7, 11) is -12.3. The van der Waals surface area contributed by atoms with Crippen molar-refractivity contribution in [2.75, 3.05) is 0 Å². The molecule has 0 radical (unpaired) electrons. The van der Waals surface area contributed by atoms with Gasteiger partial charge in [-0.1, -0.05) is 16.4 Å². The average molecular weight is 480 g/mol. The molecule has 10 nitrogen and oxygen atoms in total. The number of nitriles is 2. The fraction of sp³-hybridized carbons (Fsp3) is 0.333. The molecular weight excluding hydrogens is 474 g/mol. The molecule has 0 atom stereocenters. The van der Waals surface area contributed by atoms with Crippen molar-refractivity contribution in [3.63, 3.8) is 0 Å². The molecule has 1 aliphatic carbocycles. The normalized spacial score (nSPS) is 16.7. The van der Waals surface area contributed by atoms with E-state index in [1.807, 2.05) is 0 Å². The van der Waals surface area contributed by atoms with E-state index >= 15 is 0 Å². The largest absolute Gasteiger partial charge is 0.536 e. The van der Waals surface area contributed by atoms with E-state index in [4.69, 9.17) is 10.5 Å². The second kappa shape index (κ2) is 8.71. The quantitative estimate of drug-likeness (QED) is 0.242. The number of rotatable bonds is 6. The SMILES string of the molecule is N#CC(=NOS(=O)(=O)C(F)(F)F)C1=CCCC(C(C#N)=NOS(=O)(=O)C(F)(F)F)=C1. The van der Waals surface area contributed by atoms with Gasteiger partial charge in [0.2, 0.25) is 0 Å². The van der Waals surface area contributed by atoms with Crippen LogP contribution in [-0.2, 0) is 28.8 Å². The first-order chi connectivity index (χ1) is 13.6. The lowest BCUT2D eigenvalue weighted by molar-refractivity contribution is -0.0545. The third-order valence-corrected chi connectivity index (χ3v) is 4.59. The minimum Gasteiger partial charge on any atom is -0.260 e. The number of hydrogen-bond donors (Lipinski definition) is 0. The molecule has 30 heavy (non-hydrogen) atoms. The van der Waals surface area contributed by atoms with Crippen molar-refractivity contribution in [2.45, 2.75) is 23.9 Å². The number of allylic oxidation sites excluding steroid dienone is 4. The Hall–Kier alpha value is -3.12. The first kappa shape index (κ1) is 24.9. The molecule has 0 amide bonds. The van der Waals surface area contributed by atoms with Gasteiger partial charge < -0.3 is 0 Å². The standard InChI is InChI=1S/C12H6F6N4O6S2/c13-11(14,15)29(23,24)27-21-9(5-19)7-2-1-3-8(4-7)10(6-20)22-28-30(25,26)12(16,17)18/h2,4H,1,3H2. The first-order valence-electron chi connectivity index (χ1n) is 6.93. The molecule has 18 heteroatoms. The van der Waals surface area contributed by atoms with Gasteiger partial charge in [0.25, 0.3) is 0 Å². The zero-order chi connectivity index (χ0) is 23.4. The number of hydrogen-bond acceptors (Lipinski definition) is 10. The topological polar surface area (TPSA) is 159 Å². The molecule has 0 aromatic heterocycles. The predicted molar refractivity (Wildman–Crippen MR) is 83.6 cm³/mol. The number of nitrogens with zero attached hydrogens (tertiary/aromatic N) is 4. The summed E-state index contributed by atoms with van der Waals surface area (Å²) in [6, 6.07) is 2.48. The Bertz CT molecular complexity index is 1120. The second-order valence-electron chi connectivity index (χ2n) is 4.92. The van der Waals surface area contributed by atoms with E-state index in [0.29, 0.717) is 0 Å². The van der Waals surface area contributed by atoms with Gasteiger partial charge in [0.15, 0.2) is 11.4 Å². The second-order valence-corrected chi connectivity index (χ2v) is 7.96. The van der Waals surface area contributed by atoms with E-state index in [1.54, 1.807) is 0 Å². The van der Waals surface area contributed by atoms with Crippen LogP contribution in [0.1, 0.15) is 12.8 Å². The third-order valence-electron chi connectivity index (χ3n) is 2.92. The van der Waals surface area contributed by atoms with Crippen molar-refractivity contribution in [2.24, 2.45) is 10.3 Å². The summed E-state index contributed by atoms with van der Waals surface area (Å²) in [5.41, 5.74) is -14.3. The fourth-order valence-electron chi connectivity index (χ4n) is 1.60. The molecule has 0 unspecified atom stereocenters. The van der Waals surface area contributed by atoms with Crippen LogP contribution in [0.25, 0.3) is 0 Å². The van der Waals surface area contributed by atoms with Crippen LogP contribution in [0.4, 0.5) is 26.3 Å².